The van der Waals surface area contributed by atoms with E-state index in [0.29, 0.717) is 18.7 Å². The number of ketones is 1. The molecule has 128 valence electrons. The second kappa shape index (κ2) is 6.26. The zero-order valence-corrected chi connectivity index (χ0v) is 14.5. The number of nitrogens with zero attached hydrogens (tertiary/aromatic N) is 2. The van der Waals surface area contributed by atoms with Gasteiger partial charge < -0.3 is 14.9 Å². The Morgan fingerprint density at radius 3 is 2.92 bits per heavy atom. The van der Waals surface area contributed by atoms with Gasteiger partial charge in [-0.05, 0) is 30.7 Å². The number of hydrogen-bond donors (Lipinski definition) is 2. The molecule has 6 heteroatoms. The number of rotatable bonds is 5. The van der Waals surface area contributed by atoms with Gasteiger partial charge in [0, 0.05) is 43.2 Å². The highest BCUT2D eigenvalue weighted by atomic mass is 16.2. The van der Waals surface area contributed by atoms with Gasteiger partial charge in [0.15, 0.2) is 5.78 Å². The van der Waals surface area contributed by atoms with Gasteiger partial charge in [-0.15, -0.1) is 0 Å². The van der Waals surface area contributed by atoms with Crippen molar-refractivity contribution in [3.63, 3.8) is 0 Å². The first-order valence-corrected chi connectivity index (χ1v) is 8.36. The van der Waals surface area contributed by atoms with Crippen molar-refractivity contribution in [2.75, 3.05) is 6.54 Å². The first kappa shape index (κ1) is 16.5. The predicted octanol–water partition coefficient (Wildman–Crippen LogP) is 2.49. The molecule has 0 fully saturated rings. The number of H-pyrrole nitrogens is 1. The predicted molar refractivity (Wildman–Crippen MR) is 91.1 cm³/mol. The first-order chi connectivity index (χ1) is 11.4. The molecule has 1 aliphatic carbocycles. The monoisotopic (exact) mass is 328 g/mol. The van der Waals surface area contributed by atoms with Crippen molar-refractivity contribution in [2.24, 2.45) is 5.41 Å². The Hall–Kier alpha value is -2.37. The summed E-state index contributed by atoms with van der Waals surface area (Å²) in [5.74, 6) is -0.00713. The number of carbonyl (C=O) groups excluding carboxylic acids is 2. The highest BCUT2D eigenvalue weighted by Gasteiger charge is 2.35. The molecule has 3 rings (SSSR count). The van der Waals surface area contributed by atoms with Crippen LogP contribution < -0.4 is 5.32 Å². The van der Waals surface area contributed by atoms with Crippen LogP contribution in [0.4, 0.5) is 0 Å². The molecule has 0 saturated heterocycles. The molecule has 0 spiro atoms. The number of imidazole rings is 1. The van der Waals surface area contributed by atoms with Crippen molar-refractivity contribution in [1.29, 1.82) is 0 Å². The SMILES string of the molecule is Cc1c(C(=O)NCCCn2ccnc2)[nH]c2c1C(=O)CC(C)(C)C2. The molecule has 0 aromatic carbocycles. The highest BCUT2D eigenvalue weighted by molar-refractivity contribution is 6.04. The molecule has 2 heterocycles. The van der Waals surface area contributed by atoms with E-state index in [1.54, 1.807) is 12.5 Å². The van der Waals surface area contributed by atoms with Gasteiger partial charge in [0.2, 0.25) is 0 Å². The summed E-state index contributed by atoms with van der Waals surface area (Å²) in [6.45, 7) is 7.42. The van der Waals surface area contributed by atoms with E-state index in [0.717, 1.165) is 36.2 Å². The van der Waals surface area contributed by atoms with Gasteiger partial charge in [0.25, 0.3) is 5.91 Å². The zero-order chi connectivity index (χ0) is 17.3. The number of Topliss-reactive ketones (excluding diaryl/α,β-unsaturated/α-hetero) is 1. The Morgan fingerprint density at radius 2 is 2.21 bits per heavy atom. The summed E-state index contributed by atoms with van der Waals surface area (Å²) in [6.07, 6.45) is 7.56. The standard InChI is InChI=1S/C18H24N4O2/c1-12-15-13(9-18(2,3)10-14(15)23)21-16(12)17(24)20-5-4-7-22-8-6-19-11-22/h6,8,11,21H,4-5,7,9-10H2,1-3H3,(H,20,24). The summed E-state index contributed by atoms with van der Waals surface area (Å²) in [5, 5.41) is 2.93. The van der Waals surface area contributed by atoms with E-state index >= 15 is 0 Å². The Kier molecular flexibility index (Phi) is 4.30. The average Bonchev–Trinajstić information content (AvgIpc) is 3.10. The smallest absolute Gasteiger partial charge is 0.268 e. The number of fused-ring (bicyclic) bond motifs is 1. The van der Waals surface area contributed by atoms with E-state index in [-0.39, 0.29) is 17.1 Å². The van der Waals surface area contributed by atoms with Crippen LogP contribution in [-0.2, 0) is 13.0 Å². The molecule has 6 nitrogen and oxygen atoms in total. The maximum absolute atomic E-state index is 12.4. The van der Waals surface area contributed by atoms with Crippen LogP contribution in [0.5, 0.6) is 0 Å². The second-order valence-electron chi connectivity index (χ2n) is 7.33. The minimum Gasteiger partial charge on any atom is -0.354 e. The minimum absolute atomic E-state index is 0.0556. The Labute approximate surface area is 141 Å². The number of aromatic amines is 1. The molecular formula is C18H24N4O2. The van der Waals surface area contributed by atoms with Gasteiger partial charge in [0.1, 0.15) is 5.69 Å². The molecule has 0 saturated carbocycles. The van der Waals surface area contributed by atoms with Gasteiger partial charge in [-0.25, -0.2) is 4.98 Å². The third-order valence-corrected chi connectivity index (χ3v) is 4.57. The van der Waals surface area contributed by atoms with E-state index in [9.17, 15) is 9.59 Å². The van der Waals surface area contributed by atoms with Gasteiger partial charge in [-0.2, -0.15) is 0 Å². The van der Waals surface area contributed by atoms with Gasteiger partial charge >= 0.3 is 0 Å². The number of amides is 1. The molecule has 2 aromatic heterocycles. The second-order valence-corrected chi connectivity index (χ2v) is 7.33. The van der Waals surface area contributed by atoms with Crippen molar-refractivity contribution >= 4 is 11.7 Å². The Bertz CT molecular complexity index is 756. The van der Waals surface area contributed by atoms with E-state index < -0.39 is 0 Å². The van der Waals surface area contributed by atoms with Crippen molar-refractivity contribution in [1.82, 2.24) is 19.9 Å². The molecule has 0 aliphatic heterocycles. The number of aromatic nitrogens is 3. The summed E-state index contributed by atoms with van der Waals surface area (Å²) in [6, 6.07) is 0. The van der Waals surface area contributed by atoms with E-state index in [2.05, 4.69) is 29.1 Å². The number of carbonyl (C=O) groups is 2. The molecule has 2 aromatic rings. The molecule has 1 aliphatic rings. The van der Waals surface area contributed by atoms with Crippen molar-refractivity contribution in [3.05, 3.63) is 41.2 Å². The first-order valence-electron chi connectivity index (χ1n) is 8.36. The normalized spacial score (nSPS) is 16.0. The molecule has 0 unspecified atom stereocenters. The van der Waals surface area contributed by atoms with Gasteiger partial charge in [0.05, 0.1) is 6.33 Å². The molecule has 0 atom stereocenters. The summed E-state index contributed by atoms with van der Waals surface area (Å²) in [7, 11) is 0. The Balaban J connectivity index is 1.64. The average molecular weight is 328 g/mol. The van der Waals surface area contributed by atoms with Crippen LogP contribution in [0.15, 0.2) is 18.7 Å². The summed E-state index contributed by atoms with van der Waals surface area (Å²) in [4.78, 5) is 32.0. The molecular weight excluding hydrogens is 304 g/mol. The van der Waals surface area contributed by atoms with E-state index in [1.807, 2.05) is 17.7 Å². The van der Waals surface area contributed by atoms with E-state index in [1.165, 1.54) is 0 Å². The summed E-state index contributed by atoms with van der Waals surface area (Å²) >= 11 is 0. The minimum atomic E-state index is -0.141. The van der Waals surface area contributed by atoms with Crippen LogP contribution in [0.3, 0.4) is 0 Å². The van der Waals surface area contributed by atoms with E-state index in [4.69, 9.17) is 0 Å². The maximum atomic E-state index is 12.4. The highest BCUT2D eigenvalue weighted by Crippen LogP contribution is 2.36. The molecule has 1 amide bonds. The van der Waals surface area contributed by atoms with Crippen molar-refractivity contribution < 1.29 is 9.59 Å². The fourth-order valence-corrected chi connectivity index (χ4v) is 3.43. The van der Waals surface area contributed by atoms with Crippen molar-refractivity contribution in [3.8, 4) is 0 Å². The van der Waals surface area contributed by atoms with Crippen LogP contribution >= 0.6 is 0 Å². The number of aryl methyl sites for hydroxylation is 1. The number of hydrogen-bond acceptors (Lipinski definition) is 3. The lowest BCUT2D eigenvalue weighted by Gasteiger charge is -2.28. The maximum Gasteiger partial charge on any atom is 0.268 e. The van der Waals surface area contributed by atoms with Crippen LogP contribution in [-0.4, -0.2) is 32.8 Å². The zero-order valence-electron chi connectivity index (χ0n) is 14.5. The lowest BCUT2D eigenvalue weighted by molar-refractivity contribution is 0.0909. The molecule has 24 heavy (non-hydrogen) atoms. The molecule has 0 radical (unpaired) electrons. The van der Waals surface area contributed by atoms with Crippen molar-refractivity contribution in [2.45, 2.75) is 46.6 Å². The molecule has 0 bridgehead atoms. The quantitative estimate of drug-likeness (QED) is 0.828. The third kappa shape index (κ3) is 3.27. The summed E-state index contributed by atoms with van der Waals surface area (Å²) in [5.41, 5.74) is 2.86. The largest absolute Gasteiger partial charge is 0.354 e. The lowest BCUT2D eigenvalue weighted by Crippen LogP contribution is -2.26. The van der Waals surface area contributed by atoms with Crippen LogP contribution in [0, 0.1) is 12.3 Å². The molecule has 2 N–H and O–H groups in total. The summed E-state index contributed by atoms with van der Waals surface area (Å²) < 4.78 is 1.98. The van der Waals surface area contributed by atoms with Crippen LogP contribution in [0.2, 0.25) is 0 Å². The van der Waals surface area contributed by atoms with Crippen LogP contribution in [0.25, 0.3) is 0 Å². The van der Waals surface area contributed by atoms with Gasteiger partial charge in [-0.3, -0.25) is 9.59 Å². The van der Waals surface area contributed by atoms with Crippen LogP contribution in [0.1, 0.15) is 58.8 Å². The fourth-order valence-electron chi connectivity index (χ4n) is 3.43. The number of nitrogens with one attached hydrogen (secondary N) is 2. The lowest BCUT2D eigenvalue weighted by atomic mass is 9.75. The topological polar surface area (TPSA) is 79.8 Å². The Morgan fingerprint density at radius 1 is 1.42 bits per heavy atom. The van der Waals surface area contributed by atoms with Gasteiger partial charge in [-0.1, -0.05) is 13.8 Å². The third-order valence-electron chi connectivity index (χ3n) is 4.57. The fraction of sp³-hybridized carbons (Fsp3) is 0.500.